The Morgan fingerprint density at radius 1 is 1.35 bits per heavy atom. The first kappa shape index (κ1) is 10.7. The second-order valence-electron chi connectivity index (χ2n) is 4.21. The van der Waals surface area contributed by atoms with Crippen molar-refractivity contribution in [1.29, 1.82) is 0 Å². The van der Waals surface area contributed by atoms with Gasteiger partial charge in [-0.25, -0.2) is 4.79 Å². The number of halogens is 1. The van der Waals surface area contributed by atoms with Crippen molar-refractivity contribution in [1.82, 2.24) is 4.98 Å². The van der Waals surface area contributed by atoms with Gasteiger partial charge in [-0.2, -0.15) is 0 Å². The van der Waals surface area contributed by atoms with Crippen LogP contribution in [0.1, 0.15) is 28.0 Å². The number of rotatable bonds is 1. The van der Waals surface area contributed by atoms with E-state index < -0.39 is 5.97 Å². The molecular weight excluding hydrogens is 282 g/mol. The minimum absolute atomic E-state index is 0.434. The van der Waals surface area contributed by atoms with E-state index in [1.165, 1.54) is 0 Å². The molecule has 3 rings (SSSR count). The molecule has 4 heteroatoms. The molecule has 1 aliphatic rings. The summed E-state index contributed by atoms with van der Waals surface area (Å²) >= 11 is 3.43. The summed E-state index contributed by atoms with van der Waals surface area (Å²) in [6, 6.07) is 5.57. The number of benzene rings is 1. The van der Waals surface area contributed by atoms with Crippen LogP contribution >= 0.6 is 15.9 Å². The molecule has 0 fully saturated rings. The lowest BCUT2D eigenvalue weighted by atomic mass is 10.0. The summed E-state index contributed by atoms with van der Waals surface area (Å²) in [6.07, 6.45) is 2.70. The molecule has 1 N–H and O–H groups in total. The van der Waals surface area contributed by atoms with Gasteiger partial charge in [-0.05, 0) is 46.8 Å². The highest BCUT2D eigenvalue weighted by atomic mass is 79.9. The quantitative estimate of drug-likeness (QED) is 0.878. The third-order valence-electron chi connectivity index (χ3n) is 3.21. The highest BCUT2D eigenvalue weighted by Gasteiger charge is 2.23. The van der Waals surface area contributed by atoms with Crippen LogP contribution in [-0.4, -0.2) is 16.1 Å². The molecule has 2 aromatic rings. The molecule has 1 aliphatic carbocycles. The van der Waals surface area contributed by atoms with Gasteiger partial charge in [0, 0.05) is 15.6 Å². The summed E-state index contributed by atoms with van der Waals surface area (Å²) in [5.41, 5.74) is 3.05. The molecule has 0 radical (unpaired) electrons. The molecule has 0 atom stereocenters. The first-order valence-corrected chi connectivity index (χ1v) is 6.31. The highest BCUT2D eigenvalue weighted by Crippen LogP contribution is 2.32. The number of hydrogen-bond donors (Lipinski definition) is 1. The van der Waals surface area contributed by atoms with E-state index in [1.54, 1.807) is 0 Å². The van der Waals surface area contributed by atoms with Gasteiger partial charge in [0.15, 0.2) is 0 Å². The maximum Gasteiger partial charge on any atom is 0.336 e. The standard InChI is InChI=1S/C13H10BrNO2/c14-9-5-1-4-8-11(13(16)17)7-3-2-6-10(7)15-12(8)9/h1,4-5H,2-3,6H2,(H,16,17). The summed E-state index contributed by atoms with van der Waals surface area (Å²) in [5, 5.41) is 10.1. The lowest BCUT2D eigenvalue weighted by Crippen LogP contribution is -2.05. The average Bonchev–Trinajstić information content (AvgIpc) is 2.74. The van der Waals surface area contributed by atoms with Gasteiger partial charge >= 0.3 is 5.97 Å². The average molecular weight is 292 g/mol. The maximum absolute atomic E-state index is 11.4. The number of aromatic carboxylic acids is 1. The van der Waals surface area contributed by atoms with E-state index >= 15 is 0 Å². The van der Waals surface area contributed by atoms with Crippen LogP contribution in [0.15, 0.2) is 22.7 Å². The highest BCUT2D eigenvalue weighted by molar-refractivity contribution is 9.10. The Labute approximate surface area is 107 Å². The van der Waals surface area contributed by atoms with E-state index in [0.717, 1.165) is 45.9 Å². The van der Waals surface area contributed by atoms with E-state index in [2.05, 4.69) is 20.9 Å². The van der Waals surface area contributed by atoms with Gasteiger partial charge in [-0.3, -0.25) is 4.98 Å². The SMILES string of the molecule is O=C(O)c1c2c(nc3c(Br)cccc13)CCC2. The number of carboxylic acids is 1. The van der Waals surface area contributed by atoms with Crippen molar-refractivity contribution in [3.05, 3.63) is 39.5 Å². The van der Waals surface area contributed by atoms with Crippen molar-refractivity contribution >= 4 is 32.8 Å². The molecule has 17 heavy (non-hydrogen) atoms. The maximum atomic E-state index is 11.4. The molecule has 3 nitrogen and oxygen atoms in total. The molecule has 0 spiro atoms. The van der Waals surface area contributed by atoms with E-state index in [1.807, 2.05) is 18.2 Å². The second-order valence-corrected chi connectivity index (χ2v) is 5.06. The van der Waals surface area contributed by atoms with Crippen molar-refractivity contribution in [3.63, 3.8) is 0 Å². The fourth-order valence-corrected chi connectivity index (χ4v) is 2.95. The van der Waals surface area contributed by atoms with Gasteiger partial charge in [-0.15, -0.1) is 0 Å². The predicted molar refractivity (Wildman–Crippen MR) is 68.4 cm³/mol. The van der Waals surface area contributed by atoms with Crippen LogP contribution in [0.3, 0.4) is 0 Å². The normalized spacial score (nSPS) is 13.9. The molecule has 0 bridgehead atoms. The van der Waals surface area contributed by atoms with Gasteiger partial charge in [0.05, 0.1) is 11.1 Å². The number of fused-ring (bicyclic) bond motifs is 2. The Morgan fingerprint density at radius 2 is 2.18 bits per heavy atom. The topological polar surface area (TPSA) is 50.2 Å². The number of carboxylic acid groups (broad SMARTS) is 1. The van der Waals surface area contributed by atoms with Crippen molar-refractivity contribution in [2.24, 2.45) is 0 Å². The van der Waals surface area contributed by atoms with Crippen LogP contribution in [-0.2, 0) is 12.8 Å². The molecule has 86 valence electrons. The van der Waals surface area contributed by atoms with Crippen molar-refractivity contribution in [3.8, 4) is 0 Å². The molecule has 0 amide bonds. The molecule has 0 unspecified atom stereocenters. The Kier molecular flexibility index (Phi) is 2.40. The Morgan fingerprint density at radius 3 is 2.94 bits per heavy atom. The van der Waals surface area contributed by atoms with Gasteiger partial charge in [-0.1, -0.05) is 12.1 Å². The number of nitrogens with zero attached hydrogens (tertiary/aromatic N) is 1. The third kappa shape index (κ3) is 1.55. The van der Waals surface area contributed by atoms with Gasteiger partial charge in [0.2, 0.25) is 0 Å². The van der Waals surface area contributed by atoms with Crippen LogP contribution < -0.4 is 0 Å². The van der Waals surface area contributed by atoms with Gasteiger partial charge in [0.25, 0.3) is 0 Å². The lowest BCUT2D eigenvalue weighted by Gasteiger charge is -2.09. The Bertz CT molecular complexity index is 637. The molecule has 1 heterocycles. The number of carbonyl (C=O) groups is 1. The second kappa shape index (κ2) is 3.81. The molecule has 0 aliphatic heterocycles. The predicted octanol–water partition coefficient (Wildman–Crippen LogP) is 3.18. The van der Waals surface area contributed by atoms with Crippen LogP contribution in [0.5, 0.6) is 0 Å². The summed E-state index contributed by atoms with van der Waals surface area (Å²) in [4.78, 5) is 16.0. The van der Waals surface area contributed by atoms with Crippen LogP contribution in [0, 0.1) is 0 Å². The van der Waals surface area contributed by atoms with Gasteiger partial charge in [0.1, 0.15) is 0 Å². The monoisotopic (exact) mass is 291 g/mol. The zero-order valence-corrected chi connectivity index (χ0v) is 10.6. The molecule has 0 saturated heterocycles. The fraction of sp³-hybridized carbons (Fsp3) is 0.231. The zero-order chi connectivity index (χ0) is 12.0. The lowest BCUT2D eigenvalue weighted by molar-refractivity contribution is 0.0698. The number of hydrogen-bond acceptors (Lipinski definition) is 2. The summed E-state index contributed by atoms with van der Waals surface area (Å²) in [5.74, 6) is -0.853. The Hall–Kier alpha value is -1.42. The molecular formula is C13H10BrNO2. The third-order valence-corrected chi connectivity index (χ3v) is 3.85. The minimum atomic E-state index is -0.853. The van der Waals surface area contributed by atoms with Crippen LogP contribution in [0.2, 0.25) is 0 Å². The van der Waals surface area contributed by atoms with E-state index in [-0.39, 0.29) is 0 Å². The van der Waals surface area contributed by atoms with Crippen LogP contribution in [0.25, 0.3) is 10.9 Å². The summed E-state index contributed by atoms with van der Waals surface area (Å²) < 4.78 is 0.854. The zero-order valence-electron chi connectivity index (χ0n) is 9.03. The van der Waals surface area contributed by atoms with E-state index in [4.69, 9.17) is 0 Å². The van der Waals surface area contributed by atoms with E-state index in [0.29, 0.717) is 5.56 Å². The first-order valence-electron chi connectivity index (χ1n) is 5.52. The van der Waals surface area contributed by atoms with Crippen LogP contribution in [0.4, 0.5) is 0 Å². The number of aryl methyl sites for hydroxylation is 1. The minimum Gasteiger partial charge on any atom is -0.478 e. The number of aromatic nitrogens is 1. The number of para-hydroxylation sites is 1. The first-order chi connectivity index (χ1) is 8.18. The summed E-state index contributed by atoms with van der Waals surface area (Å²) in [7, 11) is 0. The molecule has 1 aromatic carbocycles. The smallest absolute Gasteiger partial charge is 0.336 e. The molecule has 1 aromatic heterocycles. The van der Waals surface area contributed by atoms with Gasteiger partial charge < -0.3 is 5.11 Å². The van der Waals surface area contributed by atoms with Crippen molar-refractivity contribution in [2.75, 3.05) is 0 Å². The largest absolute Gasteiger partial charge is 0.478 e. The fourth-order valence-electron chi connectivity index (χ4n) is 2.49. The molecule has 0 saturated carbocycles. The van der Waals surface area contributed by atoms with E-state index in [9.17, 15) is 9.90 Å². The number of pyridine rings is 1. The van der Waals surface area contributed by atoms with Crippen molar-refractivity contribution in [2.45, 2.75) is 19.3 Å². The summed E-state index contributed by atoms with van der Waals surface area (Å²) in [6.45, 7) is 0. The Balaban J connectivity index is 2.49. The van der Waals surface area contributed by atoms with Crippen molar-refractivity contribution < 1.29 is 9.90 Å².